The molecule has 1 aromatic heterocycles. The third-order valence-corrected chi connectivity index (χ3v) is 2.81. The Morgan fingerprint density at radius 3 is 2.30 bits per heavy atom. The van der Waals surface area contributed by atoms with E-state index < -0.39 is 11.9 Å². The lowest BCUT2D eigenvalue weighted by atomic mass is 10.2. The maximum Gasteiger partial charge on any atom is 0.335 e. The SMILES string of the molecule is O=C(O)c1ccnc(NC(=O)c2cc(Cl)cc(Cl)c2)c1. The van der Waals surface area contributed by atoms with Gasteiger partial charge in [0.1, 0.15) is 5.82 Å². The summed E-state index contributed by atoms with van der Waals surface area (Å²) in [5, 5.41) is 12.0. The second kappa shape index (κ2) is 5.90. The fourth-order valence-corrected chi connectivity index (χ4v) is 2.03. The Kier molecular flexibility index (Phi) is 4.22. The molecule has 0 saturated carbocycles. The third kappa shape index (κ3) is 3.46. The van der Waals surface area contributed by atoms with Gasteiger partial charge in [-0.25, -0.2) is 9.78 Å². The van der Waals surface area contributed by atoms with Crippen molar-refractivity contribution in [1.29, 1.82) is 0 Å². The van der Waals surface area contributed by atoms with Crippen LogP contribution in [0, 0.1) is 0 Å². The number of hydrogen-bond donors (Lipinski definition) is 2. The lowest BCUT2D eigenvalue weighted by molar-refractivity contribution is 0.0696. The van der Waals surface area contributed by atoms with Gasteiger partial charge < -0.3 is 10.4 Å². The average molecular weight is 311 g/mol. The van der Waals surface area contributed by atoms with Gasteiger partial charge in [0, 0.05) is 21.8 Å². The number of nitrogens with zero attached hydrogens (tertiary/aromatic N) is 1. The number of aromatic carboxylic acids is 1. The highest BCUT2D eigenvalue weighted by Crippen LogP contribution is 2.20. The van der Waals surface area contributed by atoms with Crippen LogP contribution in [0.15, 0.2) is 36.5 Å². The van der Waals surface area contributed by atoms with Crippen LogP contribution >= 0.6 is 23.2 Å². The number of anilines is 1. The maximum absolute atomic E-state index is 12.0. The smallest absolute Gasteiger partial charge is 0.335 e. The maximum atomic E-state index is 12.0. The highest BCUT2D eigenvalue weighted by Gasteiger charge is 2.10. The van der Waals surface area contributed by atoms with Gasteiger partial charge in [-0.05, 0) is 30.3 Å². The number of nitrogens with one attached hydrogen (secondary N) is 1. The van der Waals surface area contributed by atoms with E-state index in [9.17, 15) is 9.59 Å². The molecule has 0 bridgehead atoms. The molecule has 2 N–H and O–H groups in total. The zero-order valence-electron chi connectivity index (χ0n) is 9.93. The lowest BCUT2D eigenvalue weighted by Crippen LogP contribution is -2.13. The first kappa shape index (κ1) is 14.3. The number of hydrogen-bond acceptors (Lipinski definition) is 3. The number of halogens is 2. The van der Waals surface area contributed by atoms with E-state index in [0.29, 0.717) is 10.0 Å². The summed E-state index contributed by atoms with van der Waals surface area (Å²) in [6.07, 6.45) is 1.30. The van der Waals surface area contributed by atoms with Crippen LogP contribution in [-0.2, 0) is 0 Å². The first-order valence-electron chi connectivity index (χ1n) is 5.42. The topological polar surface area (TPSA) is 79.3 Å². The number of pyridine rings is 1. The zero-order valence-corrected chi connectivity index (χ0v) is 11.4. The lowest BCUT2D eigenvalue weighted by Gasteiger charge is -2.06. The molecule has 0 aliphatic rings. The van der Waals surface area contributed by atoms with Crippen molar-refractivity contribution in [1.82, 2.24) is 4.98 Å². The van der Waals surface area contributed by atoms with E-state index in [1.54, 1.807) is 0 Å². The summed E-state index contributed by atoms with van der Waals surface area (Å²) < 4.78 is 0. The van der Waals surface area contributed by atoms with Crippen molar-refractivity contribution in [3.8, 4) is 0 Å². The summed E-state index contributed by atoms with van der Waals surface area (Å²) in [7, 11) is 0. The minimum absolute atomic E-state index is 0.0272. The van der Waals surface area contributed by atoms with E-state index in [0.717, 1.165) is 0 Å². The van der Waals surface area contributed by atoms with Crippen molar-refractivity contribution in [3.05, 3.63) is 57.7 Å². The Balaban J connectivity index is 2.23. The molecule has 0 saturated heterocycles. The van der Waals surface area contributed by atoms with Gasteiger partial charge in [0.05, 0.1) is 5.56 Å². The van der Waals surface area contributed by atoms with Gasteiger partial charge in [-0.15, -0.1) is 0 Å². The van der Waals surface area contributed by atoms with Gasteiger partial charge in [-0.3, -0.25) is 4.79 Å². The van der Waals surface area contributed by atoms with Crippen molar-refractivity contribution in [2.45, 2.75) is 0 Å². The van der Waals surface area contributed by atoms with Crippen LogP contribution in [0.5, 0.6) is 0 Å². The Morgan fingerprint density at radius 2 is 1.70 bits per heavy atom. The predicted molar refractivity (Wildman–Crippen MR) is 75.6 cm³/mol. The number of aromatic nitrogens is 1. The first-order chi connectivity index (χ1) is 9.45. The van der Waals surface area contributed by atoms with Gasteiger partial charge >= 0.3 is 5.97 Å². The highest BCUT2D eigenvalue weighted by atomic mass is 35.5. The first-order valence-corrected chi connectivity index (χ1v) is 6.18. The molecule has 0 atom stereocenters. The predicted octanol–water partition coefficient (Wildman–Crippen LogP) is 3.34. The summed E-state index contributed by atoms with van der Waals surface area (Å²) >= 11 is 11.6. The molecule has 2 aromatic rings. The fraction of sp³-hybridized carbons (Fsp3) is 0. The Morgan fingerprint density at radius 1 is 1.05 bits per heavy atom. The molecular formula is C13H8Cl2N2O3. The quantitative estimate of drug-likeness (QED) is 0.911. The van der Waals surface area contributed by atoms with Crippen LogP contribution in [0.4, 0.5) is 5.82 Å². The molecule has 0 aliphatic heterocycles. The summed E-state index contributed by atoms with van der Waals surface area (Å²) in [6, 6.07) is 6.98. The van der Waals surface area contributed by atoms with E-state index in [1.165, 1.54) is 36.5 Å². The molecule has 0 fully saturated rings. The van der Waals surface area contributed by atoms with Crippen molar-refractivity contribution in [3.63, 3.8) is 0 Å². The van der Waals surface area contributed by atoms with Crippen molar-refractivity contribution in [2.75, 3.05) is 5.32 Å². The molecule has 1 amide bonds. The van der Waals surface area contributed by atoms with Crippen LogP contribution in [0.1, 0.15) is 20.7 Å². The number of carbonyl (C=O) groups is 2. The number of carboxylic acids is 1. The number of benzene rings is 1. The van der Waals surface area contributed by atoms with Crippen molar-refractivity contribution >= 4 is 40.9 Å². The zero-order chi connectivity index (χ0) is 14.7. The number of rotatable bonds is 3. The Bertz CT molecular complexity index is 669. The van der Waals surface area contributed by atoms with E-state index in [4.69, 9.17) is 28.3 Å². The fourth-order valence-electron chi connectivity index (χ4n) is 1.51. The van der Waals surface area contributed by atoms with Gasteiger partial charge in [-0.1, -0.05) is 23.2 Å². The standard InChI is InChI=1S/C13H8Cl2N2O3/c14-9-3-8(4-10(15)6-9)12(18)17-11-5-7(13(19)20)1-2-16-11/h1-6H,(H,19,20)(H,16,17,18). The van der Waals surface area contributed by atoms with Crippen LogP contribution in [0.2, 0.25) is 10.0 Å². The molecular weight excluding hydrogens is 303 g/mol. The van der Waals surface area contributed by atoms with E-state index in [1.807, 2.05) is 0 Å². The van der Waals surface area contributed by atoms with Crippen LogP contribution in [-0.4, -0.2) is 22.0 Å². The monoisotopic (exact) mass is 310 g/mol. The van der Waals surface area contributed by atoms with Gasteiger partial charge in [0.25, 0.3) is 5.91 Å². The van der Waals surface area contributed by atoms with Gasteiger partial charge in [-0.2, -0.15) is 0 Å². The molecule has 0 radical (unpaired) electrons. The van der Waals surface area contributed by atoms with Gasteiger partial charge in [0.15, 0.2) is 0 Å². The van der Waals surface area contributed by atoms with Crippen LogP contribution in [0.3, 0.4) is 0 Å². The normalized spacial score (nSPS) is 10.1. The third-order valence-electron chi connectivity index (χ3n) is 2.37. The molecule has 20 heavy (non-hydrogen) atoms. The number of carbonyl (C=O) groups excluding carboxylic acids is 1. The van der Waals surface area contributed by atoms with E-state index in [-0.39, 0.29) is 16.9 Å². The van der Waals surface area contributed by atoms with E-state index in [2.05, 4.69) is 10.3 Å². The number of amides is 1. The molecule has 102 valence electrons. The summed E-state index contributed by atoms with van der Waals surface area (Å²) in [4.78, 5) is 26.7. The second-order valence-corrected chi connectivity index (χ2v) is 4.72. The minimum atomic E-state index is -1.10. The molecule has 7 heteroatoms. The summed E-state index contributed by atoms with van der Waals surface area (Å²) in [6.45, 7) is 0. The molecule has 2 rings (SSSR count). The molecule has 0 unspecified atom stereocenters. The van der Waals surface area contributed by atoms with Crippen LogP contribution < -0.4 is 5.32 Å². The summed E-state index contributed by atoms with van der Waals surface area (Å²) in [5.41, 5.74) is 0.282. The van der Waals surface area contributed by atoms with Crippen molar-refractivity contribution < 1.29 is 14.7 Å². The van der Waals surface area contributed by atoms with E-state index >= 15 is 0 Å². The second-order valence-electron chi connectivity index (χ2n) is 3.85. The van der Waals surface area contributed by atoms with Crippen molar-refractivity contribution in [2.24, 2.45) is 0 Å². The Labute approximate surface area is 124 Å². The molecule has 0 aliphatic carbocycles. The Hall–Kier alpha value is -2.11. The molecule has 1 aromatic carbocycles. The highest BCUT2D eigenvalue weighted by molar-refractivity contribution is 6.35. The van der Waals surface area contributed by atoms with Crippen LogP contribution in [0.25, 0.3) is 0 Å². The average Bonchev–Trinajstić information content (AvgIpc) is 2.37. The molecule has 5 nitrogen and oxygen atoms in total. The minimum Gasteiger partial charge on any atom is -0.478 e. The molecule has 0 spiro atoms. The van der Waals surface area contributed by atoms with Gasteiger partial charge in [0.2, 0.25) is 0 Å². The molecule has 1 heterocycles. The largest absolute Gasteiger partial charge is 0.478 e. The number of carboxylic acid groups (broad SMARTS) is 1. The summed E-state index contributed by atoms with van der Waals surface area (Å²) in [5.74, 6) is -1.45.